The molecule has 88 valence electrons. The highest BCUT2D eigenvalue weighted by molar-refractivity contribution is 4.92. The van der Waals surface area contributed by atoms with Gasteiger partial charge in [-0.1, -0.05) is 25.5 Å². The molecule has 1 atom stereocenters. The lowest BCUT2D eigenvalue weighted by molar-refractivity contribution is 0.0365. The van der Waals surface area contributed by atoms with Crippen LogP contribution in [-0.2, 0) is 9.47 Å². The quantitative estimate of drug-likeness (QED) is 0.454. The van der Waals surface area contributed by atoms with Crippen molar-refractivity contribution in [1.82, 2.24) is 0 Å². The Kier molecular flexibility index (Phi) is 7.58. The highest BCUT2D eigenvalue weighted by Gasteiger charge is 2.07. The summed E-state index contributed by atoms with van der Waals surface area (Å²) >= 11 is 0. The van der Waals surface area contributed by atoms with Gasteiger partial charge < -0.3 is 9.47 Å². The van der Waals surface area contributed by atoms with Gasteiger partial charge in [0, 0.05) is 12.5 Å². The number of rotatable bonds is 8. The molecule has 1 aliphatic rings. The first-order valence-electron chi connectivity index (χ1n) is 6.25. The fourth-order valence-corrected chi connectivity index (χ4v) is 1.72. The summed E-state index contributed by atoms with van der Waals surface area (Å²) in [5.41, 5.74) is 0. The second kappa shape index (κ2) is 8.93. The summed E-state index contributed by atoms with van der Waals surface area (Å²) in [6.45, 7) is 5.41. The maximum atomic E-state index is 5.58. The fourth-order valence-electron chi connectivity index (χ4n) is 1.72. The van der Waals surface area contributed by atoms with Crippen LogP contribution in [-0.4, -0.2) is 26.4 Å². The molecule has 0 aromatic heterocycles. The fraction of sp³-hybridized carbons (Fsp3) is 0.846. The Labute approximate surface area is 93.7 Å². The maximum absolute atomic E-state index is 5.58. The Morgan fingerprint density at radius 3 is 2.80 bits per heavy atom. The largest absolute Gasteiger partial charge is 0.379 e. The SMILES string of the molecule is CCCCOCCOCC1C=CCCC1. The van der Waals surface area contributed by atoms with Crippen molar-refractivity contribution in [3.05, 3.63) is 12.2 Å². The molecule has 0 aromatic rings. The van der Waals surface area contributed by atoms with E-state index in [1.54, 1.807) is 0 Å². The van der Waals surface area contributed by atoms with Crippen LogP contribution in [0.5, 0.6) is 0 Å². The molecule has 1 unspecified atom stereocenters. The highest BCUT2D eigenvalue weighted by Crippen LogP contribution is 2.16. The van der Waals surface area contributed by atoms with Crippen LogP contribution in [0.2, 0.25) is 0 Å². The van der Waals surface area contributed by atoms with Crippen LogP contribution in [0, 0.1) is 5.92 Å². The van der Waals surface area contributed by atoms with Gasteiger partial charge in [0.05, 0.1) is 19.8 Å². The molecule has 1 aliphatic carbocycles. The van der Waals surface area contributed by atoms with E-state index in [9.17, 15) is 0 Å². The third kappa shape index (κ3) is 6.69. The van der Waals surface area contributed by atoms with Crippen LogP contribution in [0.4, 0.5) is 0 Å². The second-order valence-corrected chi connectivity index (χ2v) is 4.16. The topological polar surface area (TPSA) is 18.5 Å². The number of ether oxygens (including phenoxy) is 2. The molecule has 15 heavy (non-hydrogen) atoms. The van der Waals surface area contributed by atoms with Crippen molar-refractivity contribution in [1.29, 1.82) is 0 Å². The van der Waals surface area contributed by atoms with Crippen molar-refractivity contribution in [2.24, 2.45) is 5.92 Å². The zero-order chi connectivity index (χ0) is 10.8. The molecule has 0 amide bonds. The van der Waals surface area contributed by atoms with Crippen LogP contribution >= 0.6 is 0 Å². The van der Waals surface area contributed by atoms with Crippen LogP contribution in [0.3, 0.4) is 0 Å². The molecule has 2 heteroatoms. The van der Waals surface area contributed by atoms with E-state index < -0.39 is 0 Å². The smallest absolute Gasteiger partial charge is 0.0700 e. The van der Waals surface area contributed by atoms with Gasteiger partial charge >= 0.3 is 0 Å². The summed E-state index contributed by atoms with van der Waals surface area (Å²) in [5, 5.41) is 0. The minimum absolute atomic E-state index is 0.648. The summed E-state index contributed by atoms with van der Waals surface area (Å²) < 4.78 is 11.0. The molecule has 0 bridgehead atoms. The van der Waals surface area contributed by atoms with E-state index in [0.717, 1.165) is 32.8 Å². The van der Waals surface area contributed by atoms with E-state index in [-0.39, 0.29) is 0 Å². The van der Waals surface area contributed by atoms with E-state index >= 15 is 0 Å². The maximum Gasteiger partial charge on any atom is 0.0700 e. The Hall–Kier alpha value is -0.340. The Morgan fingerprint density at radius 1 is 1.20 bits per heavy atom. The molecule has 0 N–H and O–H groups in total. The molecule has 2 nitrogen and oxygen atoms in total. The van der Waals surface area contributed by atoms with Crippen LogP contribution in [0.15, 0.2) is 12.2 Å². The standard InChI is InChI=1S/C13H24O2/c1-2-3-9-14-10-11-15-12-13-7-5-4-6-8-13/h5,7,13H,2-4,6,8-12H2,1H3. The van der Waals surface area contributed by atoms with Gasteiger partial charge in [0.1, 0.15) is 0 Å². The molecular weight excluding hydrogens is 188 g/mol. The van der Waals surface area contributed by atoms with Crippen molar-refractivity contribution in [2.45, 2.75) is 39.0 Å². The monoisotopic (exact) mass is 212 g/mol. The van der Waals surface area contributed by atoms with Crippen LogP contribution in [0.1, 0.15) is 39.0 Å². The van der Waals surface area contributed by atoms with Gasteiger partial charge in [-0.2, -0.15) is 0 Å². The molecule has 0 aromatic carbocycles. The third-order valence-electron chi connectivity index (χ3n) is 2.70. The van der Waals surface area contributed by atoms with Crippen molar-refractivity contribution >= 4 is 0 Å². The van der Waals surface area contributed by atoms with Crippen LogP contribution < -0.4 is 0 Å². The zero-order valence-corrected chi connectivity index (χ0v) is 9.91. The van der Waals surface area contributed by atoms with Gasteiger partial charge in [-0.05, 0) is 25.7 Å². The normalized spacial score (nSPS) is 20.7. The van der Waals surface area contributed by atoms with Crippen molar-refractivity contribution < 1.29 is 9.47 Å². The van der Waals surface area contributed by atoms with Gasteiger partial charge in [0.2, 0.25) is 0 Å². The lowest BCUT2D eigenvalue weighted by Gasteiger charge is -2.16. The zero-order valence-electron chi connectivity index (χ0n) is 9.91. The number of allylic oxidation sites excluding steroid dienone is 1. The minimum atomic E-state index is 0.648. The molecule has 0 heterocycles. The van der Waals surface area contributed by atoms with Gasteiger partial charge in [0.25, 0.3) is 0 Å². The predicted octanol–water partition coefficient (Wildman–Crippen LogP) is 3.18. The number of hydrogen-bond acceptors (Lipinski definition) is 2. The van der Waals surface area contributed by atoms with Gasteiger partial charge in [0.15, 0.2) is 0 Å². The second-order valence-electron chi connectivity index (χ2n) is 4.16. The average molecular weight is 212 g/mol. The van der Waals surface area contributed by atoms with Gasteiger partial charge in [-0.3, -0.25) is 0 Å². The predicted molar refractivity (Wildman–Crippen MR) is 63.0 cm³/mol. The Bertz CT molecular complexity index is 166. The summed E-state index contributed by atoms with van der Waals surface area (Å²) in [6.07, 6.45) is 10.8. The molecule has 0 fully saturated rings. The van der Waals surface area contributed by atoms with Crippen molar-refractivity contribution in [3.63, 3.8) is 0 Å². The van der Waals surface area contributed by atoms with E-state index in [1.165, 1.54) is 25.7 Å². The third-order valence-corrected chi connectivity index (χ3v) is 2.70. The van der Waals surface area contributed by atoms with E-state index in [4.69, 9.17) is 9.47 Å². The van der Waals surface area contributed by atoms with E-state index in [2.05, 4.69) is 19.1 Å². The molecule has 0 saturated heterocycles. The number of unbranched alkanes of at least 4 members (excludes halogenated alkanes) is 1. The molecular formula is C13H24O2. The molecule has 0 aliphatic heterocycles. The van der Waals surface area contributed by atoms with Crippen molar-refractivity contribution in [2.75, 3.05) is 26.4 Å². The highest BCUT2D eigenvalue weighted by atomic mass is 16.5. The molecule has 0 radical (unpaired) electrons. The van der Waals surface area contributed by atoms with Gasteiger partial charge in [-0.15, -0.1) is 0 Å². The lowest BCUT2D eigenvalue weighted by Crippen LogP contribution is -2.13. The summed E-state index contributed by atoms with van der Waals surface area (Å²) in [5.74, 6) is 0.648. The van der Waals surface area contributed by atoms with E-state index in [1.807, 2.05) is 0 Å². The first-order chi connectivity index (χ1) is 7.43. The van der Waals surface area contributed by atoms with E-state index in [0.29, 0.717) is 5.92 Å². The average Bonchev–Trinajstić information content (AvgIpc) is 2.29. The minimum Gasteiger partial charge on any atom is -0.379 e. The first kappa shape index (κ1) is 12.7. The summed E-state index contributed by atoms with van der Waals surface area (Å²) in [6, 6.07) is 0. The Morgan fingerprint density at radius 2 is 2.07 bits per heavy atom. The lowest BCUT2D eigenvalue weighted by atomic mass is 9.97. The molecule has 1 rings (SSSR count). The first-order valence-corrected chi connectivity index (χ1v) is 6.25. The molecule has 0 spiro atoms. The number of hydrogen-bond donors (Lipinski definition) is 0. The summed E-state index contributed by atoms with van der Waals surface area (Å²) in [4.78, 5) is 0. The Balaban J connectivity index is 1.84. The molecule has 0 saturated carbocycles. The summed E-state index contributed by atoms with van der Waals surface area (Å²) in [7, 11) is 0. The van der Waals surface area contributed by atoms with Crippen LogP contribution in [0.25, 0.3) is 0 Å². The van der Waals surface area contributed by atoms with Gasteiger partial charge in [-0.25, -0.2) is 0 Å². The van der Waals surface area contributed by atoms with Crippen molar-refractivity contribution in [3.8, 4) is 0 Å².